The van der Waals surface area contributed by atoms with Crippen LogP contribution in [-0.2, 0) is 4.74 Å². The SMILES string of the molecule is NC1COCC1c1n[nH]c(=O)[nH]1. The number of nitrogens with zero attached hydrogens (tertiary/aromatic N) is 1. The molecule has 1 aliphatic rings. The Morgan fingerprint density at radius 2 is 2.42 bits per heavy atom. The average Bonchev–Trinajstić information content (AvgIpc) is 2.58. The first-order valence-electron chi connectivity index (χ1n) is 3.75. The van der Waals surface area contributed by atoms with Gasteiger partial charge >= 0.3 is 5.69 Å². The molecule has 6 heteroatoms. The first-order chi connectivity index (χ1) is 5.77. The number of hydrogen-bond donors (Lipinski definition) is 3. The number of rotatable bonds is 1. The van der Waals surface area contributed by atoms with Crippen LogP contribution in [0, 0.1) is 0 Å². The summed E-state index contributed by atoms with van der Waals surface area (Å²) in [7, 11) is 0. The van der Waals surface area contributed by atoms with E-state index in [2.05, 4.69) is 15.2 Å². The Morgan fingerprint density at radius 1 is 1.58 bits per heavy atom. The monoisotopic (exact) mass is 170 g/mol. The molecule has 2 unspecified atom stereocenters. The highest BCUT2D eigenvalue weighted by atomic mass is 16.5. The fourth-order valence-electron chi connectivity index (χ4n) is 1.31. The van der Waals surface area contributed by atoms with Gasteiger partial charge in [-0.25, -0.2) is 9.89 Å². The van der Waals surface area contributed by atoms with Crippen LogP contribution in [0.3, 0.4) is 0 Å². The standard InChI is InChI=1S/C6H10N4O2/c7-4-2-12-1-3(4)5-8-6(11)10-9-5/h3-4H,1-2,7H2,(H2,8,9,10,11). The first kappa shape index (κ1) is 7.51. The van der Waals surface area contributed by atoms with Crippen molar-refractivity contribution in [2.24, 2.45) is 5.73 Å². The van der Waals surface area contributed by atoms with Gasteiger partial charge in [-0.3, -0.25) is 4.98 Å². The molecule has 2 rings (SSSR count). The van der Waals surface area contributed by atoms with Crippen molar-refractivity contribution in [1.29, 1.82) is 0 Å². The second-order valence-corrected chi connectivity index (χ2v) is 2.87. The quantitative estimate of drug-likeness (QED) is 0.479. The highest BCUT2D eigenvalue weighted by Crippen LogP contribution is 2.19. The number of aromatic nitrogens is 3. The molecular formula is C6H10N4O2. The Bertz CT molecular complexity index is 317. The van der Waals surface area contributed by atoms with Crippen molar-refractivity contribution < 1.29 is 4.74 Å². The van der Waals surface area contributed by atoms with Crippen LogP contribution in [0.2, 0.25) is 0 Å². The van der Waals surface area contributed by atoms with Gasteiger partial charge in [0.2, 0.25) is 0 Å². The Hall–Kier alpha value is -1.14. The lowest BCUT2D eigenvalue weighted by atomic mass is 10.0. The molecule has 0 aromatic carbocycles. The van der Waals surface area contributed by atoms with Gasteiger partial charge in [0.1, 0.15) is 5.82 Å². The van der Waals surface area contributed by atoms with E-state index in [1.165, 1.54) is 0 Å². The lowest BCUT2D eigenvalue weighted by Crippen LogP contribution is -2.27. The lowest BCUT2D eigenvalue weighted by molar-refractivity contribution is 0.190. The third-order valence-electron chi connectivity index (χ3n) is 2.00. The number of nitrogens with two attached hydrogens (primary N) is 1. The molecule has 0 bridgehead atoms. The van der Waals surface area contributed by atoms with E-state index >= 15 is 0 Å². The van der Waals surface area contributed by atoms with Crippen LogP contribution in [0.4, 0.5) is 0 Å². The third-order valence-corrected chi connectivity index (χ3v) is 2.00. The topological polar surface area (TPSA) is 96.8 Å². The van der Waals surface area contributed by atoms with Crippen LogP contribution in [0.15, 0.2) is 4.79 Å². The molecule has 0 aliphatic carbocycles. The van der Waals surface area contributed by atoms with Crippen LogP contribution in [0.25, 0.3) is 0 Å². The molecule has 1 aromatic heterocycles. The van der Waals surface area contributed by atoms with Gasteiger partial charge < -0.3 is 10.5 Å². The van der Waals surface area contributed by atoms with Gasteiger partial charge in [0.05, 0.1) is 19.1 Å². The van der Waals surface area contributed by atoms with Crippen molar-refractivity contribution in [2.45, 2.75) is 12.0 Å². The van der Waals surface area contributed by atoms with Crippen molar-refractivity contribution in [3.05, 3.63) is 16.3 Å². The third kappa shape index (κ3) is 1.15. The smallest absolute Gasteiger partial charge is 0.340 e. The highest BCUT2D eigenvalue weighted by molar-refractivity contribution is 5.01. The summed E-state index contributed by atoms with van der Waals surface area (Å²) in [5.74, 6) is 0.606. The molecule has 1 aromatic rings. The number of H-pyrrole nitrogens is 2. The molecule has 1 saturated heterocycles. The summed E-state index contributed by atoms with van der Waals surface area (Å²) < 4.78 is 5.13. The summed E-state index contributed by atoms with van der Waals surface area (Å²) in [6.45, 7) is 1.06. The maximum absolute atomic E-state index is 10.7. The zero-order valence-corrected chi connectivity index (χ0v) is 6.41. The normalized spacial score (nSPS) is 29.4. The molecule has 0 spiro atoms. The van der Waals surface area contributed by atoms with Gasteiger partial charge in [0, 0.05) is 6.04 Å². The fraction of sp³-hybridized carbons (Fsp3) is 0.667. The second kappa shape index (κ2) is 2.72. The molecule has 66 valence electrons. The predicted octanol–water partition coefficient (Wildman–Crippen LogP) is -1.46. The van der Waals surface area contributed by atoms with Crippen LogP contribution >= 0.6 is 0 Å². The molecule has 4 N–H and O–H groups in total. The fourth-order valence-corrected chi connectivity index (χ4v) is 1.31. The van der Waals surface area contributed by atoms with Crippen LogP contribution in [0.1, 0.15) is 11.7 Å². The van der Waals surface area contributed by atoms with Crippen molar-refractivity contribution in [1.82, 2.24) is 15.2 Å². The van der Waals surface area contributed by atoms with E-state index in [-0.39, 0.29) is 17.6 Å². The molecule has 0 saturated carbocycles. The maximum Gasteiger partial charge on any atom is 0.340 e. The van der Waals surface area contributed by atoms with E-state index in [0.717, 1.165) is 0 Å². The summed E-state index contributed by atoms with van der Waals surface area (Å²) >= 11 is 0. The molecule has 1 fully saturated rings. The first-order valence-corrected chi connectivity index (χ1v) is 3.75. The zero-order valence-electron chi connectivity index (χ0n) is 6.41. The Balaban J connectivity index is 2.24. The zero-order chi connectivity index (χ0) is 8.55. The van der Waals surface area contributed by atoms with E-state index in [1.54, 1.807) is 0 Å². The Morgan fingerprint density at radius 3 is 2.92 bits per heavy atom. The summed E-state index contributed by atoms with van der Waals surface area (Å²) in [5.41, 5.74) is 5.42. The average molecular weight is 170 g/mol. The number of nitrogens with one attached hydrogen (secondary N) is 2. The predicted molar refractivity (Wildman–Crippen MR) is 40.7 cm³/mol. The van der Waals surface area contributed by atoms with Crippen LogP contribution in [-0.4, -0.2) is 34.4 Å². The van der Waals surface area contributed by atoms with Gasteiger partial charge in [-0.05, 0) is 0 Å². The molecule has 2 atom stereocenters. The molecule has 1 aliphatic heterocycles. The number of aromatic amines is 2. The van der Waals surface area contributed by atoms with Crippen molar-refractivity contribution in [3.8, 4) is 0 Å². The molecule has 0 radical (unpaired) electrons. The van der Waals surface area contributed by atoms with E-state index in [1.807, 2.05) is 0 Å². The minimum absolute atomic E-state index is 0.0175. The van der Waals surface area contributed by atoms with Crippen LogP contribution in [0.5, 0.6) is 0 Å². The van der Waals surface area contributed by atoms with Crippen molar-refractivity contribution in [2.75, 3.05) is 13.2 Å². The second-order valence-electron chi connectivity index (χ2n) is 2.87. The van der Waals surface area contributed by atoms with E-state index in [4.69, 9.17) is 10.5 Å². The number of ether oxygens (including phenoxy) is 1. The number of hydrogen-bond acceptors (Lipinski definition) is 4. The highest BCUT2D eigenvalue weighted by Gasteiger charge is 2.28. The van der Waals surface area contributed by atoms with Gasteiger partial charge in [-0.1, -0.05) is 0 Å². The molecular weight excluding hydrogens is 160 g/mol. The molecule has 0 amide bonds. The van der Waals surface area contributed by atoms with E-state index in [0.29, 0.717) is 19.0 Å². The molecule has 12 heavy (non-hydrogen) atoms. The molecule has 2 heterocycles. The van der Waals surface area contributed by atoms with Crippen LogP contribution < -0.4 is 11.4 Å². The van der Waals surface area contributed by atoms with Gasteiger partial charge in [0.25, 0.3) is 0 Å². The van der Waals surface area contributed by atoms with Gasteiger partial charge in [-0.2, -0.15) is 5.10 Å². The Labute approximate surface area is 68.1 Å². The van der Waals surface area contributed by atoms with Gasteiger partial charge in [0.15, 0.2) is 0 Å². The largest absolute Gasteiger partial charge is 0.379 e. The van der Waals surface area contributed by atoms with E-state index < -0.39 is 0 Å². The minimum Gasteiger partial charge on any atom is -0.379 e. The summed E-state index contributed by atoms with van der Waals surface area (Å²) in [6, 6.07) is -0.0658. The summed E-state index contributed by atoms with van der Waals surface area (Å²) in [4.78, 5) is 13.3. The lowest BCUT2D eigenvalue weighted by Gasteiger charge is -2.07. The minimum atomic E-state index is -0.302. The van der Waals surface area contributed by atoms with Gasteiger partial charge in [-0.15, -0.1) is 0 Å². The van der Waals surface area contributed by atoms with Crippen molar-refractivity contribution >= 4 is 0 Å². The Kier molecular flexibility index (Phi) is 1.70. The summed E-state index contributed by atoms with van der Waals surface area (Å²) in [5, 5.41) is 6.09. The summed E-state index contributed by atoms with van der Waals surface area (Å²) in [6.07, 6.45) is 0. The maximum atomic E-state index is 10.7. The van der Waals surface area contributed by atoms with Crippen molar-refractivity contribution in [3.63, 3.8) is 0 Å². The molecule has 6 nitrogen and oxygen atoms in total. The van der Waals surface area contributed by atoms with E-state index in [9.17, 15) is 4.79 Å².